The maximum absolute atomic E-state index is 11.5. The fourth-order valence-electron chi connectivity index (χ4n) is 1.94. The van der Waals surface area contributed by atoms with E-state index in [0.29, 0.717) is 25.9 Å². The number of rotatable bonds is 4. The molecule has 1 fully saturated rings. The highest BCUT2D eigenvalue weighted by molar-refractivity contribution is 7.88. The maximum Gasteiger partial charge on any atom is 0.321 e. The summed E-state index contributed by atoms with van der Waals surface area (Å²) in [6, 6.07) is -0.605. The summed E-state index contributed by atoms with van der Waals surface area (Å²) in [6.45, 7) is 1.38. The lowest BCUT2D eigenvalue weighted by Crippen LogP contribution is -2.48. The first-order valence-electron chi connectivity index (χ1n) is 6.01. The lowest BCUT2D eigenvalue weighted by molar-refractivity contribution is -0.121. The standard InChI is InChI=1S/C10H20N4O4S/c1-11-10(16)12-9(15)7-14-5-3-8(4-6-14)13-19(2,17)18/h8,13H,3-7H2,1-2H3,(H2,11,12,15,16). The zero-order valence-corrected chi connectivity index (χ0v) is 11.9. The number of urea groups is 1. The van der Waals surface area contributed by atoms with E-state index < -0.39 is 16.1 Å². The molecule has 1 rings (SSSR count). The number of imide groups is 1. The Morgan fingerprint density at radius 2 is 1.84 bits per heavy atom. The normalized spacial score (nSPS) is 18.0. The van der Waals surface area contributed by atoms with Crippen LogP contribution in [0.3, 0.4) is 0 Å². The van der Waals surface area contributed by atoms with Crippen LogP contribution in [0.15, 0.2) is 0 Å². The molecule has 3 N–H and O–H groups in total. The number of piperidine rings is 1. The third-order valence-corrected chi connectivity index (χ3v) is 3.58. The molecule has 3 amide bonds. The second-order valence-electron chi connectivity index (χ2n) is 4.57. The minimum Gasteiger partial charge on any atom is -0.341 e. The molecule has 1 heterocycles. The van der Waals surface area contributed by atoms with Crippen LogP contribution in [0, 0.1) is 0 Å². The predicted molar refractivity (Wildman–Crippen MR) is 70.0 cm³/mol. The molecule has 0 aromatic heterocycles. The van der Waals surface area contributed by atoms with Crippen molar-refractivity contribution in [1.29, 1.82) is 0 Å². The van der Waals surface area contributed by atoms with E-state index in [1.54, 1.807) is 0 Å². The number of likely N-dealkylation sites (tertiary alicyclic amines) is 1. The number of hydrogen-bond acceptors (Lipinski definition) is 5. The van der Waals surface area contributed by atoms with E-state index in [2.05, 4.69) is 15.4 Å². The Morgan fingerprint density at radius 1 is 1.26 bits per heavy atom. The minimum absolute atomic E-state index is 0.0757. The average Bonchev–Trinajstić information content (AvgIpc) is 2.29. The zero-order valence-electron chi connectivity index (χ0n) is 11.1. The van der Waals surface area contributed by atoms with Crippen molar-refractivity contribution in [3.8, 4) is 0 Å². The molecule has 0 aromatic rings. The van der Waals surface area contributed by atoms with E-state index >= 15 is 0 Å². The van der Waals surface area contributed by atoms with Crippen molar-refractivity contribution in [2.75, 3.05) is 32.9 Å². The molecular weight excluding hydrogens is 272 g/mol. The van der Waals surface area contributed by atoms with Crippen molar-refractivity contribution in [1.82, 2.24) is 20.3 Å². The highest BCUT2D eigenvalue weighted by Gasteiger charge is 2.23. The Bertz CT molecular complexity index is 429. The van der Waals surface area contributed by atoms with Gasteiger partial charge in [0.1, 0.15) is 0 Å². The molecule has 0 aromatic carbocycles. The minimum atomic E-state index is -3.18. The van der Waals surface area contributed by atoms with Crippen molar-refractivity contribution in [3.05, 3.63) is 0 Å². The molecule has 1 aliphatic rings. The molecule has 19 heavy (non-hydrogen) atoms. The monoisotopic (exact) mass is 292 g/mol. The predicted octanol–water partition coefficient (Wildman–Crippen LogP) is -1.54. The van der Waals surface area contributed by atoms with E-state index in [0.717, 1.165) is 6.26 Å². The second kappa shape index (κ2) is 6.83. The summed E-state index contributed by atoms with van der Waals surface area (Å²) >= 11 is 0. The van der Waals surface area contributed by atoms with Crippen LogP contribution in [0.25, 0.3) is 0 Å². The van der Waals surface area contributed by atoms with Crippen molar-refractivity contribution in [3.63, 3.8) is 0 Å². The zero-order chi connectivity index (χ0) is 14.5. The summed E-state index contributed by atoms with van der Waals surface area (Å²) in [4.78, 5) is 24.3. The molecule has 0 bridgehead atoms. The van der Waals surface area contributed by atoms with Gasteiger partial charge in [0.2, 0.25) is 15.9 Å². The number of carbonyl (C=O) groups is 2. The molecule has 0 aliphatic carbocycles. The smallest absolute Gasteiger partial charge is 0.321 e. The summed E-state index contributed by atoms with van der Waals surface area (Å²) in [6.07, 6.45) is 2.44. The summed E-state index contributed by atoms with van der Waals surface area (Å²) in [5.41, 5.74) is 0. The van der Waals surface area contributed by atoms with Gasteiger partial charge in [0.05, 0.1) is 12.8 Å². The van der Waals surface area contributed by atoms with Crippen molar-refractivity contribution >= 4 is 22.0 Å². The summed E-state index contributed by atoms with van der Waals surface area (Å²) in [7, 11) is -1.75. The highest BCUT2D eigenvalue weighted by Crippen LogP contribution is 2.10. The van der Waals surface area contributed by atoms with Crippen LogP contribution in [0.4, 0.5) is 4.79 Å². The molecular formula is C10H20N4O4S. The third kappa shape index (κ3) is 6.50. The van der Waals surface area contributed by atoms with Crippen molar-refractivity contribution in [2.45, 2.75) is 18.9 Å². The molecule has 0 saturated carbocycles. The van der Waals surface area contributed by atoms with Crippen LogP contribution in [0.2, 0.25) is 0 Å². The van der Waals surface area contributed by atoms with Gasteiger partial charge < -0.3 is 5.32 Å². The Balaban J connectivity index is 2.30. The van der Waals surface area contributed by atoms with Gasteiger partial charge in [-0.3, -0.25) is 15.0 Å². The summed E-state index contributed by atoms with van der Waals surface area (Å²) < 4.78 is 24.7. The maximum atomic E-state index is 11.5. The van der Waals surface area contributed by atoms with Gasteiger partial charge in [-0.05, 0) is 12.8 Å². The van der Waals surface area contributed by atoms with Gasteiger partial charge in [0, 0.05) is 26.2 Å². The SMILES string of the molecule is CNC(=O)NC(=O)CN1CCC(NS(C)(=O)=O)CC1. The first-order valence-corrected chi connectivity index (χ1v) is 7.90. The molecule has 110 valence electrons. The number of nitrogens with zero attached hydrogens (tertiary/aromatic N) is 1. The number of nitrogens with one attached hydrogen (secondary N) is 3. The van der Waals surface area contributed by atoms with Gasteiger partial charge in [-0.15, -0.1) is 0 Å². The number of carbonyl (C=O) groups excluding carboxylic acids is 2. The fourth-order valence-corrected chi connectivity index (χ4v) is 2.78. The molecule has 0 atom stereocenters. The first-order chi connectivity index (χ1) is 8.80. The van der Waals surface area contributed by atoms with Crippen LogP contribution in [-0.2, 0) is 14.8 Å². The van der Waals surface area contributed by atoms with Crippen LogP contribution >= 0.6 is 0 Å². The van der Waals surface area contributed by atoms with Gasteiger partial charge in [-0.2, -0.15) is 0 Å². The van der Waals surface area contributed by atoms with E-state index in [1.807, 2.05) is 4.90 Å². The van der Waals surface area contributed by atoms with E-state index in [4.69, 9.17) is 0 Å². The van der Waals surface area contributed by atoms with Gasteiger partial charge in [0.15, 0.2) is 0 Å². The second-order valence-corrected chi connectivity index (χ2v) is 6.35. The molecule has 9 heteroatoms. The number of hydrogen-bond donors (Lipinski definition) is 3. The molecule has 1 aliphatic heterocycles. The van der Waals surface area contributed by atoms with Crippen LogP contribution < -0.4 is 15.4 Å². The van der Waals surface area contributed by atoms with E-state index in [1.165, 1.54) is 7.05 Å². The number of amides is 3. The molecule has 0 spiro atoms. The van der Waals surface area contributed by atoms with E-state index in [-0.39, 0.29) is 18.5 Å². The third-order valence-electron chi connectivity index (χ3n) is 2.82. The Labute approximate surface area is 113 Å². The summed E-state index contributed by atoms with van der Waals surface area (Å²) in [5.74, 6) is -0.367. The van der Waals surface area contributed by atoms with Crippen LogP contribution in [-0.4, -0.2) is 64.2 Å². The van der Waals surface area contributed by atoms with Crippen LogP contribution in [0.5, 0.6) is 0 Å². The number of sulfonamides is 1. The Hall–Kier alpha value is -1.19. The van der Waals surface area contributed by atoms with Gasteiger partial charge in [0.25, 0.3) is 0 Å². The Morgan fingerprint density at radius 3 is 2.32 bits per heavy atom. The Kier molecular flexibility index (Phi) is 5.70. The van der Waals surface area contributed by atoms with Gasteiger partial charge >= 0.3 is 6.03 Å². The fraction of sp³-hybridized carbons (Fsp3) is 0.800. The largest absolute Gasteiger partial charge is 0.341 e. The molecule has 0 radical (unpaired) electrons. The average molecular weight is 292 g/mol. The van der Waals surface area contributed by atoms with Gasteiger partial charge in [-0.1, -0.05) is 0 Å². The quantitative estimate of drug-likeness (QED) is 0.582. The lowest BCUT2D eigenvalue weighted by Gasteiger charge is -2.31. The molecule has 1 saturated heterocycles. The van der Waals surface area contributed by atoms with E-state index in [9.17, 15) is 18.0 Å². The van der Waals surface area contributed by atoms with Crippen molar-refractivity contribution < 1.29 is 18.0 Å². The first kappa shape index (κ1) is 15.9. The molecule has 8 nitrogen and oxygen atoms in total. The molecule has 0 unspecified atom stereocenters. The summed E-state index contributed by atoms with van der Waals surface area (Å²) in [5, 5.41) is 4.48. The van der Waals surface area contributed by atoms with Crippen LogP contribution in [0.1, 0.15) is 12.8 Å². The lowest BCUT2D eigenvalue weighted by atomic mass is 10.1. The van der Waals surface area contributed by atoms with Gasteiger partial charge in [-0.25, -0.2) is 17.9 Å². The van der Waals surface area contributed by atoms with Crippen molar-refractivity contribution in [2.24, 2.45) is 0 Å². The highest BCUT2D eigenvalue weighted by atomic mass is 32.2. The topological polar surface area (TPSA) is 108 Å².